The Morgan fingerprint density at radius 1 is 0.717 bits per heavy atom. The number of thioether (sulfide) groups is 1. The van der Waals surface area contributed by atoms with Crippen LogP contribution in [-0.4, -0.2) is 22.7 Å². The summed E-state index contributed by atoms with van der Waals surface area (Å²) in [5.74, 6) is -1.66. The Morgan fingerprint density at radius 2 is 1.40 bits per heavy atom. The van der Waals surface area contributed by atoms with Crippen LogP contribution in [0.1, 0.15) is 26.7 Å². The normalized spacial score (nSPS) is 11.8. The number of fused-ring (bicyclic) bond motifs is 1. The summed E-state index contributed by atoms with van der Waals surface area (Å²) in [5, 5.41) is 12.6. The Kier molecular flexibility index (Phi) is 10.8. The summed E-state index contributed by atoms with van der Waals surface area (Å²) >= 11 is 2.74. The number of aromatic nitrogens is 1. The number of carbonyl (C=O) groups excluding carboxylic acids is 3. The lowest BCUT2D eigenvalue weighted by Gasteiger charge is -2.17. The monoisotopic (exact) mass is 734 g/mol. The van der Waals surface area contributed by atoms with E-state index in [1.807, 2.05) is 66.0 Å². The summed E-state index contributed by atoms with van der Waals surface area (Å²) in [6.07, 6.45) is 1.48. The molecular formula is C43H31FN4O3S2. The first-order valence-electron chi connectivity index (χ1n) is 16.6. The van der Waals surface area contributed by atoms with Gasteiger partial charge in [0.1, 0.15) is 16.8 Å². The van der Waals surface area contributed by atoms with E-state index in [1.165, 1.54) is 53.4 Å². The second-order valence-corrected chi connectivity index (χ2v) is 13.9. The lowest BCUT2D eigenvalue weighted by Crippen LogP contribution is -2.30. The molecule has 0 aliphatic rings. The molecule has 3 N–H and O–H groups in total. The maximum atomic E-state index is 13.8. The summed E-state index contributed by atoms with van der Waals surface area (Å²) in [7, 11) is 0. The number of rotatable bonds is 11. The molecular weight excluding hydrogens is 704 g/mol. The predicted molar refractivity (Wildman–Crippen MR) is 212 cm³/mol. The van der Waals surface area contributed by atoms with Crippen molar-refractivity contribution in [2.45, 2.75) is 10.1 Å². The maximum Gasteiger partial charge on any atom is 0.272 e. The molecule has 0 saturated heterocycles. The van der Waals surface area contributed by atoms with Crippen molar-refractivity contribution in [2.75, 3.05) is 10.6 Å². The molecule has 0 aliphatic carbocycles. The third-order valence-electron chi connectivity index (χ3n) is 8.20. The van der Waals surface area contributed by atoms with E-state index in [-0.39, 0.29) is 11.6 Å². The highest BCUT2D eigenvalue weighted by atomic mass is 32.2. The number of hydrogen-bond donors (Lipinski definition) is 3. The van der Waals surface area contributed by atoms with Gasteiger partial charge in [-0.05, 0) is 82.6 Å². The second kappa shape index (κ2) is 16.3. The van der Waals surface area contributed by atoms with E-state index in [0.29, 0.717) is 21.9 Å². The predicted octanol–water partition coefficient (Wildman–Crippen LogP) is 9.98. The van der Waals surface area contributed by atoms with Crippen LogP contribution < -0.4 is 16.0 Å². The largest absolute Gasteiger partial charge is 0.321 e. The van der Waals surface area contributed by atoms with Crippen molar-refractivity contribution in [1.82, 2.24) is 10.3 Å². The minimum atomic E-state index is -0.594. The fourth-order valence-electron chi connectivity index (χ4n) is 5.50. The Morgan fingerprint density at radius 3 is 2.13 bits per heavy atom. The van der Waals surface area contributed by atoms with Gasteiger partial charge in [-0.3, -0.25) is 14.4 Å². The SMILES string of the molecule is O=C(Nc1ccc(SC(C(=O)Nc2nc(-c3ccc4ccccc4c3)cs2)c2ccccc2)cc1)/C(=C/c1ccc(F)cc1)NC(=O)c1ccccc1. The van der Waals surface area contributed by atoms with E-state index in [0.717, 1.165) is 32.5 Å². The molecule has 0 spiro atoms. The highest BCUT2D eigenvalue weighted by molar-refractivity contribution is 8.00. The molecule has 1 aromatic heterocycles. The number of anilines is 2. The van der Waals surface area contributed by atoms with E-state index in [4.69, 9.17) is 4.98 Å². The van der Waals surface area contributed by atoms with Crippen LogP contribution in [-0.2, 0) is 9.59 Å². The summed E-state index contributed by atoms with van der Waals surface area (Å²) < 4.78 is 13.6. The van der Waals surface area contributed by atoms with Gasteiger partial charge in [-0.2, -0.15) is 0 Å². The summed E-state index contributed by atoms with van der Waals surface area (Å²) in [6, 6.07) is 45.0. The molecule has 0 fully saturated rings. The Labute approximate surface area is 313 Å². The number of nitrogens with one attached hydrogen (secondary N) is 3. The number of benzene rings is 6. The van der Waals surface area contributed by atoms with Crippen LogP contribution in [0.25, 0.3) is 28.1 Å². The van der Waals surface area contributed by atoms with Crippen LogP contribution in [0.5, 0.6) is 0 Å². The Hall–Kier alpha value is -6.36. The van der Waals surface area contributed by atoms with Crippen LogP contribution in [0.15, 0.2) is 168 Å². The lowest BCUT2D eigenvalue weighted by atomic mass is 10.1. The van der Waals surface area contributed by atoms with Crippen molar-refractivity contribution in [2.24, 2.45) is 0 Å². The van der Waals surface area contributed by atoms with E-state index >= 15 is 0 Å². The van der Waals surface area contributed by atoms with Gasteiger partial charge in [0.05, 0.1) is 5.69 Å². The zero-order chi connectivity index (χ0) is 36.6. The minimum Gasteiger partial charge on any atom is -0.321 e. The van der Waals surface area contributed by atoms with Gasteiger partial charge < -0.3 is 16.0 Å². The van der Waals surface area contributed by atoms with Crippen LogP contribution >= 0.6 is 23.1 Å². The molecule has 10 heteroatoms. The number of thiazole rings is 1. The van der Waals surface area contributed by atoms with Crippen LogP contribution in [0.4, 0.5) is 15.2 Å². The van der Waals surface area contributed by atoms with Crippen molar-refractivity contribution >= 4 is 68.5 Å². The zero-order valence-electron chi connectivity index (χ0n) is 28.0. The van der Waals surface area contributed by atoms with Gasteiger partial charge >= 0.3 is 0 Å². The number of halogens is 1. The second-order valence-electron chi connectivity index (χ2n) is 11.9. The summed E-state index contributed by atoms with van der Waals surface area (Å²) in [5.41, 5.74) is 3.95. The summed E-state index contributed by atoms with van der Waals surface area (Å²) in [4.78, 5) is 45.8. The first-order chi connectivity index (χ1) is 25.9. The highest BCUT2D eigenvalue weighted by Gasteiger charge is 2.24. The van der Waals surface area contributed by atoms with Crippen LogP contribution in [0, 0.1) is 5.82 Å². The molecule has 7 nitrogen and oxygen atoms in total. The number of nitrogens with zero attached hydrogens (tertiary/aromatic N) is 1. The molecule has 0 aliphatic heterocycles. The average Bonchev–Trinajstić information content (AvgIpc) is 3.67. The molecule has 260 valence electrons. The number of amides is 3. The van der Waals surface area contributed by atoms with E-state index in [1.54, 1.807) is 42.5 Å². The summed E-state index contributed by atoms with van der Waals surface area (Å²) in [6.45, 7) is 0. The van der Waals surface area contributed by atoms with Gasteiger partial charge in [0.2, 0.25) is 5.91 Å². The van der Waals surface area contributed by atoms with E-state index in [9.17, 15) is 18.8 Å². The van der Waals surface area contributed by atoms with Gasteiger partial charge in [-0.15, -0.1) is 23.1 Å². The smallest absolute Gasteiger partial charge is 0.272 e. The molecule has 0 bridgehead atoms. The van der Waals surface area contributed by atoms with Crippen molar-refractivity contribution in [3.63, 3.8) is 0 Å². The van der Waals surface area contributed by atoms with Gasteiger partial charge in [0.15, 0.2) is 5.13 Å². The molecule has 7 rings (SSSR count). The molecule has 1 unspecified atom stereocenters. The first kappa shape index (κ1) is 35.1. The van der Waals surface area contributed by atoms with E-state index < -0.39 is 22.9 Å². The fraction of sp³-hybridized carbons (Fsp3) is 0.0233. The third kappa shape index (κ3) is 8.93. The molecule has 7 aromatic rings. The Balaban J connectivity index is 1.06. The van der Waals surface area contributed by atoms with Crippen LogP contribution in [0.3, 0.4) is 0 Å². The molecule has 1 heterocycles. The third-order valence-corrected chi connectivity index (χ3v) is 10.2. The van der Waals surface area contributed by atoms with Gasteiger partial charge in [0.25, 0.3) is 11.8 Å². The number of carbonyl (C=O) groups is 3. The van der Waals surface area contributed by atoms with Crippen molar-refractivity contribution in [1.29, 1.82) is 0 Å². The minimum absolute atomic E-state index is 0.0179. The lowest BCUT2D eigenvalue weighted by molar-refractivity contribution is -0.116. The van der Waals surface area contributed by atoms with Gasteiger partial charge in [-0.1, -0.05) is 97.1 Å². The first-order valence-corrected chi connectivity index (χ1v) is 18.4. The number of hydrogen-bond acceptors (Lipinski definition) is 6. The van der Waals surface area contributed by atoms with Crippen molar-refractivity contribution in [3.8, 4) is 11.3 Å². The van der Waals surface area contributed by atoms with Crippen molar-refractivity contribution < 1.29 is 18.8 Å². The molecule has 53 heavy (non-hydrogen) atoms. The van der Waals surface area contributed by atoms with Gasteiger partial charge in [0, 0.05) is 27.1 Å². The molecule has 0 radical (unpaired) electrons. The van der Waals surface area contributed by atoms with Crippen molar-refractivity contribution in [3.05, 3.63) is 185 Å². The van der Waals surface area contributed by atoms with Crippen LogP contribution in [0.2, 0.25) is 0 Å². The molecule has 0 saturated carbocycles. The standard InChI is InChI=1S/C43H31FN4O3S2/c44-34-19-15-28(16-20-34)25-37(46-40(49)31-12-5-2-6-13-31)41(50)45-35-21-23-36(24-22-35)53-39(30-10-3-1-4-11-30)42(51)48-43-47-38(27-52-43)33-18-17-29-9-7-8-14-32(29)26-33/h1-27,39H,(H,45,50)(H,46,49)(H,47,48,51)/b37-25-. The molecule has 3 amide bonds. The zero-order valence-corrected chi connectivity index (χ0v) is 29.7. The maximum absolute atomic E-state index is 13.8. The fourth-order valence-corrected chi connectivity index (χ4v) is 7.25. The average molecular weight is 735 g/mol. The topological polar surface area (TPSA) is 100 Å². The quantitative estimate of drug-likeness (QED) is 0.0908. The van der Waals surface area contributed by atoms with E-state index in [2.05, 4.69) is 40.2 Å². The Bertz CT molecular complexity index is 2420. The van der Waals surface area contributed by atoms with Gasteiger partial charge in [-0.25, -0.2) is 9.37 Å². The highest BCUT2D eigenvalue weighted by Crippen LogP contribution is 2.37. The molecule has 1 atom stereocenters. The molecule has 6 aromatic carbocycles.